The number of amides is 2. The summed E-state index contributed by atoms with van der Waals surface area (Å²) in [6.45, 7) is -0.265. The van der Waals surface area contributed by atoms with Crippen molar-refractivity contribution >= 4 is 34.6 Å². The third kappa shape index (κ3) is 6.02. The lowest BCUT2D eigenvalue weighted by Crippen LogP contribution is -2.20. The zero-order valence-electron chi connectivity index (χ0n) is 18.9. The van der Waals surface area contributed by atoms with Gasteiger partial charge in [0.2, 0.25) is 5.91 Å². The van der Waals surface area contributed by atoms with Crippen LogP contribution in [0.25, 0.3) is 17.1 Å². The summed E-state index contributed by atoms with van der Waals surface area (Å²) < 4.78 is 24.5. The number of carbonyl (C=O) groups excluding carboxylic acids is 2. The van der Waals surface area contributed by atoms with E-state index in [2.05, 4.69) is 15.3 Å². The van der Waals surface area contributed by atoms with Gasteiger partial charge in [-0.2, -0.15) is 0 Å². The van der Waals surface area contributed by atoms with Gasteiger partial charge in [0.1, 0.15) is 11.6 Å². The van der Waals surface area contributed by atoms with Gasteiger partial charge in [0.05, 0.1) is 18.1 Å². The van der Waals surface area contributed by atoms with Crippen LogP contribution in [-0.2, 0) is 16.0 Å². The number of nitrogens with two attached hydrogens (primary N) is 1. The average molecular weight is 474 g/mol. The Labute approximate surface area is 200 Å². The number of primary amides is 1. The third-order valence-corrected chi connectivity index (χ3v) is 5.10. The molecule has 4 rings (SSSR count). The van der Waals surface area contributed by atoms with E-state index in [0.29, 0.717) is 40.6 Å². The van der Waals surface area contributed by atoms with Gasteiger partial charge in [0.25, 0.3) is 5.91 Å². The van der Waals surface area contributed by atoms with Crippen molar-refractivity contribution in [2.45, 2.75) is 6.42 Å². The summed E-state index contributed by atoms with van der Waals surface area (Å²) in [5.74, 6) is 0.203. The smallest absolute Gasteiger partial charge is 0.255 e. The number of fused-ring (bicyclic) bond motifs is 1. The summed E-state index contributed by atoms with van der Waals surface area (Å²) in [6.07, 6.45) is 3.35. The highest BCUT2D eigenvalue weighted by Gasteiger charge is 2.09. The second kappa shape index (κ2) is 10.5. The predicted octanol–water partition coefficient (Wildman–Crippen LogP) is 3.82. The normalized spacial score (nSPS) is 11.0. The number of benzene rings is 3. The van der Waals surface area contributed by atoms with Crippen LogP contribution >= 0.6 is 0 Å². The fourth-order valence-electron chi connectivity index (χ4n) is 3.46. The van der Waals surface area contributed by atoms with Crippen LogP contribution in [0, 0.1) is 5.82 Å². The monoisotopic (exact) mass is 474 g/mol. The molecule has 9 heteroatoms. The van der Waals surface area contributed by atoms with Crippen molar-refractivity contribution in [3.05, 3.63) is 89.5 Å². The number of imidazole rings is 1. The van der Waals surface area contributed by atoms with Crippen molar-refractivity contribution in [1.82, 2.24) is 9.97 Å². The Hall–Kier alpha value is -4.66. The number of carbonyl (C=O) groups is 2. The van der Waals surface area contributed by atoms with Crippen LogP contribution in [0.2, 0.25) is 0 Å². The lowest BCUT2D eigenvalue weighted by atomic mass is 10.1. The Balaban J connectivity index is 1.42. The molecule has 0 atom stereocenters. The molecule has 1 heterocycles. The quantitative estimate of drug-likeness (QED) is 0.319. The predicted molar refractivity (Wildman–Crippen MR) is 131 cm³/mol. The number of nitrogens with one attached hydrogen (secondary N) is 2. The van der Waals surface area contributed by atoms with E-state index in [-0.39, 0.29) is 18.3 Å². The number of ether oxygens (including phenoxy) is 2. The molecule has 35 heavy (non-hydrogen) atoms. The van der Waals surface area contributed by atoms with E-state index in [9.17, 15) is 14.0 Å². The van der Waals surface area contributed by atoms with E-state index in [0.717, 1.165) is 11.0 Å². The number of rotatable bonds is 9. The first-order valence-electron chi connectivity index (χ1n) is 10.7. The minimum absolute atomic E-state index is 0.265. The molecule has 0 fully saturated rings. The van der Waals surface area contributed by atoms with E-state index in [1.165, 1.54) is 19.3 Å². The van der Waals surface area contributed by atoms with Crippen LogP contribution in [-0.4, -0.2) is 35.5 Å². The lowest BCUT2D eigenvalue weighted by molar-refractivity contribution is -0.120. The molecule has 0 aliphatic carbocycles. The number of aromatic amines is 1. The van der Waals surface area contributed by atoms with Gasteiger partial charge in [0, 0.05) is 18.2 Å². The number of H-pyrrole nitrogens is 1. The van der Waals surface area contributed by atoms with E-state index < -0.39 is 5.91 Å². The molecule has 0 aliphatic rings. The Kier molecular flexibility index (Phi) is 7.06. The van der Waals surface area contributed by atoms with Crippen LogP contribution in [0.5, 0.6) is 11.5 Å². The number of hydrogen-bond acceptors (Lipinski definition) is 5. The van der Waals surface area contributed by atoms with Gasteiger partial charge in [0.15, 0.2) is 18.1 Å². The van der Waals surface area contributed by atoms with Crippen LogP contribution < -0.4 is 20.5 Å². The standard InChI is InChI=1S/C26H23FN4O4/c1-34-23-12-16(6-10-22(23)35-15-24(28)32)7-11-26(33)29-18-8-9-20-21(14-18)31-25(30-20)13-17-4-2-3-5-19(17)27/h2-12,14H,13,15H2,1H3,(H2,28,32)(H,29,33)(H,30,31)/b11-7+. The molecular formula is C26H23FN4O4. The lowest BCUT2D eigenvalue weighted by Gasteiger charge is -2.10. The van der Waals surface area contributed by atoms with E-state index in [1.54, 1.807) is 60.7 Å². The molecule has 4 N–H and O–H groups in total. The zero-order valence-corrected chi connectivity index (χ0v) is 18.9. The molecule has 0 saturated heterocycles. The summed E-state index contributed by atoms with van der Waals surface area (Å²) in [5, 5.41) is 2.80. The van der Waals surface area contributed by atoms with Crippen molar-refractivity contribution in [3.8, 4) is 11.5 Å². The van der Waals surface area contributed by atoms with Crippen LogP contribution in [0.3, 0.4) is 0 Å². The van der Waals surface area contributed by atoms with Crippen molar-refractivity contribution in [2.24, 2.45) is 5.73 Å². The average Bonchev–Trinajstić information content (AvgIpc) is 3.24. The second-order valence-corrected chi connectivity index (χ2v) is 7.67. The van der Waals surface area contributed by atoms with Crippen molar-refractivity contribution in [2.75, 3.05) is 19.0 Å². The minimum Gasteiger partial charge on any atom is -0.493 e. The molecule has 8 nitrogen and oxygen atoms in total. The maximum absolute atomic E-state index is 13.9. The largest absolute Gasteiger partial charge is 0.493 e. The van der Waals surface area contributed by atoms with Crippen LogP contribution in [0.15, 0.2) is 66.7 Å². The molecule has 0 aliphatic heterocycles. The van der Waals surface area contributed by atoms with Crippen molar-refractivity contribution in [1.29, 1.82) is 0 Å². The fourth-order valence-corrected chi connectivity index (χ4v) is 3.46. The van der Waals surface area contributed by atoms with Gasteiger partial charge >= 0.3 is 0 Å². The van der Waals surface area contributed by atoms with E-state index in [4.69, 9.17) is 15.2 Å². The zero-order chi connectivity index (χ0) is 24.8. The molecule has 0 unspecified atom stereocenters. The van der Waals surface area contributed by atoms with Gasteiger partial charge in [-0.15, -0.1) is 0 Å². The highest BCUT2D eigenvalue weighted by Crippen LogP contribution is 2.28. The number of hydrogen-bond donors (Lipinski definition) is 3. The molecule has 0 radical (unpaired) electrons. The third-order valence-electron chi connectivity index (χ3n) is 5.10. The summed E-state index contributed by atoms with van der Waals surface area (Å²) in [6, 6.07) is 16.9. The number of methoxy groups -OCH3 is 1. The molecule has 0 spiro atoms. The van der Waals surface area contributed by atoms with Gasteiger partial charge in [-0.3, -0.25) is 9.59 Å². The maximum Gasteiger partial charge on any atom is 0.255 e. The summed E-state index contributed by atoms with van der Waals surface area (Å²) in [5.41, 5.74) is 8.38. The summed E-state index contributed by atoms with van der Waals surface area (Å²) in [4.78, 5) is 31.0. The van der Waals surface area contributed by atoms with E-state index in [1.807, 2.05) is 0 Å². The molecule has 0 bridgehead atoms. The van der Waals surface area contributed by atoms with Gasteiger partial charge < -0.3 is 25.5 Å². The maximum atomic E-state index is 13.9. The minimum atomic E-state index is -0.595. The van der Waals surface area contributed by atoms with Crippen molar-refractivity contribution < 1.29 is 23.5 Å². The summed E-state index contributed by atoms with van der Waals surface area (Å²) in [7, 11) is 1.47. The fraction of sp³-hybridized carbons (Fsp3) is 0.115. The molecule has 4 aromatic rings. The first-order valence-corrected chi connectivity index (χ1v) is 10.7. The Morgan fingerprint density at radius 3 is 2.71 bits per heavy atom. The highest BCUT2D eigenvalue weighted by atomic mass is 19.1. The number of halogens is 1. The first-order chi connectivity index (χ1) is 16.9. The van der Waals surface area contributed by atoms with Gasteiger partial charge in [-0.25, -0.2) is 9.37 Å². The summed E-state index contributed by atoms with van der Waals surface area (Å²) >= 11 is 0. The molecular weight excluding hydrogens is 451 g/mol. The topological polar surface area (TPSA) is 119 Å². The first kappa shape index (κ1) is 23.5. The van der Waals surface area contributed by atoms with Gasteiger partial charge in [-0.1, -0.05) is 24.3 Å². The molecule has 3 aromatic carbocycles. The number of anilines is 1. The van der Waals surface area contributed by atoms with Crippen LogP contribution in [0.4, 0.5) is 10.1 Å². The number of nitrogens with zero attached hydrogens (tertiary/aromatic N) is 1. The Morgan fingerprint density at radius 1 is 1.11 bits per heavy atom. The molecule has 0 saturated carbocycles. The highest BCUT2D eigenvalue weighted by molar-refractivity contribution is 6.02. The van der Waals surface area contributed by atoms with Crippen LogP contribution in [0.1, 0.15) is 17.0 Å². The van der Waals surface area contributed by atoms with Crippen molar-refractivity contribution in [3.63, 3.8) is 0 Å². The second-order valence-electron chi connectivity index (χ2n) is 7.67. The Bertz CT molecular complexity index is 1410. The molecule has 2 amide bonds. The molecule has 178 valence electrons. The van der Waals surface area contributed by atoms with E-state index >= 15 is 0 Å². The SMILES string of the molecule is COc1cc(/C=C/C(=O)Nc2ccc3nc(Cc4ccccc4F)[nH]c3c2)ccc1OCC(N)=O. The number of aromatic nitrogens is 2. The Morgan fingerprint density at radius 2 is 1.94 bits per heavy atom. The molecule has 1 aromatic heterocycles. The van der Waals surface area contributed by atoms with Gasteiger partial charge in [-0.05, 0) is 53.6 Å².